The van der Waals surface area contributed by atoms with E-state index in [1.807, 2.05) is 13.8 Å². The first kappa shape index (κ1) is 18.0. The lowest BCUT2D eigenvalue weighted by atomic mass is 10.1. The summed E-state index contributed by atoms with van der Waals surface area (Å²) in [5, 5.41) is 9.42. The number of hydrogen-bond acceptors (Lipinski definition) is 4. The second-order valence-corrected chi connectivity index (χ2v) is 7.71. The number of nitrogens with zero attached hydrogens (tertiary/aromatic N) is 1. The summed E-state index contributed by atoms with van der Waals surface area (Å²) in [5.74, 6) is -0.196. The van der Waals surface area contributed by atoms with Crippen molar-refractivity contribution in [1.29, 1.82) is 0 Å². The van der Waals surface area contributed by atoms with Crippen LogP contribution in [-0.4, -0.2) is 19.4 Å². The van der Waals surface area contributed by atoms with E-state index in [0.717, 1.165) is 4.31 Å². The van der Waals surface area contributed by atoms with E-state index in [9.17, 15) is 18.3 Å². The molecule has 0 bridgehead atoms. The van der Waals surface area contributed by atoms with E-state index in [1.165, 1.54) is 36.4 Å². The Labute approximate surface area is 142 Å². The van der Waals surface area contributed by atoms with Gasteiger partial charge in [-0.25, -0.2) is 12.7 Å². The number of phenols is 1. The molecule has 0 heterocycles. The van der Waals surface area contributed by atoms with Crippen molar-refractivity contribution in [3.63, 3.8) is 0 Å². The molecule has 128 valence electrons. The standard InChI is InChI=1S/C18H21NO4S/c1-14(2)8-13-18(21)19(15-9-11-16(20)12-10-15)24(22,23)17-6-4-3-5-7-17/h3-7,9-12,14,20H,8,13H2,1-2H3. The molecule has 0 aliphatic heterocycles. The Balaban J connectivity index is 2.46. The Hall–Kier alpha value is -2.34. The number of carbonyl (C=O) groups is 1. The van der Waals surface area contributed by atoms with Crippen LogP contribution in [0, 0.1) is 5.92 Å². The summed E-state index contributed by atoms with van der Waals surface area (Å²) in [6.07, 6.45) is 0.725. The van der Waals surface area contributed by atoms with Crippen molar-refractivity contribution < 1.29 is 18.3 Å². The van der Waals surface area contributed by atoms with Crippen LogP contribution in [-0.2, 0) is 14.8 Å². The molecule has 24 heavy (non-hydrogen) atoms. The fraction of sp³-hybridized carbons (Fsp3) is 0.278. The van der Waals surface area contributed by atoms with Crippen LogP contribution in [0.25, 0.3) is 0 Å². The van der Waals surface area contributed by atoms with Crippen molar-refractivity contribution in [3.8, 4) is 5.75 Å². The largest absolute Gasteiger partial charge is 0.508 e. The molecule has 6 heteroatoms. The molecule has 0 spiro atoms. The van der Waals surface area contributed by atoms with Gasteiger partial charge in [0, 0.05) is 6.42 Å². The normalized spacial score (nSPS) is 11.5. The Morgan fingerprint density at radius 3 is 2.17 bits per heavy atom. The number of rotatable bonds is 6. The minimum absolute atomic E-state index is 0.00504. The Morgan fingerprint density at radius 1 is 1.04 bits per heavy atom. The highest BCUT2D eigenvalue weighted by molar-refractivity contribution is 7.93. The maximum absolute atomic E-state index is 12.9. The molecule has 0 atom stereocenters. The third-order valence-corrected chi connectivity index (χ3v) is 5.29. The lowest BCUT2D eigenvalue weighted by Gasteiger charge is -2.23. The topological polar surface area (TPSA) is 74.7 Å². The zero-order chi connectivity index (χ0) is 17.7. The van der Waals surface area contributed by atoms with Gasteiger partial charge in [-0.15, -0.1) is 0 Å². The molecular weight excluding hydrogens is 326 g/mol. The molecule has 2 aromatic rings. The van der Waals surface area contributed by atoms with Crippen molar-refractivity contribution in [2.75, 3.05) is 4.31 Å². The average molecular weight is 347 g/mol. The first-order valence-electron chi connectivity index (χ1n) is 7.74. The average Bonchev–Trinajstić information content (AvgIpc) is 2.55. The SMILES string of the molecule is CC(C)CCC(=O)N(c1ccc(O)cc1)S(=O)(=O)c1ccccc1. The van der Waals surface area contributed by atoms with Crippen LogP contribution in [0.3, 0.4) is 0 Å². The summed E-state index contributed by atoms with van der Waals surface area (Å²) >= 11 is 0. The Kier molecular flexibility index (Phi) is 5.62. The molecule has 0 aliphatic carbocycles. The Morgan fingerprint density at radius 2 is 1.62 bits per heavy atom. The molecule has 2 aromatic carbocycles. The zero-order valence-corrected chi connectivity index (χ0v) is 14.5. The van der Waals surface area contributed by atoms with Gasteiger partial charge in [0.05, 0.1) is 10.6 Å². The molecule has 0 aromatic heterocycles. The molecule has 0 saturated carbocycles. The van der Waals surface area contributed by atoms with Gasteiger partial charge < -0.3 is 5.11 Å². The van der Waals surface area contributed by atoms with Gasteiger partial charge >= 0.3 is 0 Å². The smallest absolute Gasteiger partial charge is 0.270 e. The fourth-order valence-electron chi connectivity index (χ4n) is 2.22. The summed E-state index contributed by atoms with van der Waals surface area (Å²) in [5.41, 5.74) is 0.213. The predicted octanol–water partition coefficient (Wildman–Crippen LogP) is 3.55. The van der Waals surface area contributed by atoms with Crippen LogP contribution in [0.15, 0.2) is 59.5 Å². The van der Waals surface area contributed by atoms with Gasteiger partial charge in [-0.05, 0) is 48.7 Å². The van der Waals surface area contributed by atoms with Crippen LogP contribution < -0.4 is 4.31 Å². The Bertz CT molecular complexity index is 784. The van der Waals surface area contributed by atoms with Gasteiger partial charge in [0.1, 0.15) is 5.75 Å². The van der Waals surface area contributed by atoms with Crippen molar-refractivity contribution in [2.24, 2.45) is 5.92 Å². The molecule has 1 amide bonds. The van der Waals surface area contributed by atoms with Gasteiger partial charge in [0.15, 0.2) is 0 Å². The van der Waals surface area contributed by atoms with E-state index in [-0.39, 0.29) is 28.7 Å². The van der Waals surface area contributed by atoms with Gasteiger partial charge in [0.2, 0.25) is 5.91 Å². The molecular formula is C18H21NO4S. The second-order valence-electron chi connectivity index (χ2n) is 5.93. The van der Waals surface area contributed by atoms with Gasteiger partial charge in [0.25, 0.3) is 10.0 Å². The number of benzene rings is 2. The van der Waals surface area contributed by atoms with Crippen LogP contribution in [0.4, 0.5) is 5.69 Å². The second kappa shape index (κ2) is 7.49. The number of hydrogen-bond donors (Lipinski definition) is 1. The van der Waals surface area contributed by atoms with Crippen LogP contribution in [0.1, 0.15) is 26.7 Å². The molecule has 0 unspecified atom stereocenters. The highest BCUT2D eigenvalue weighted by atomic mass is 32.2. The molecule has 1 N–H and O–H groups in total. The number of carbonyl (C=O) groups excluding carboxylic acids is 1. The lowest BCUT2D eigenvalue weighted by molar-refractivity contribution is -0.117. The zero-order valence-electron chi connectivity index (χ0n) is 13.7. The number of phenolic OH excluding ortho intramolecular Hbond substituents is 1. The summed E-state index contributed by atoms with van der Waals surface area (Å²) < 4.78 is 26.7. The first-order chi connectivity index (χ1) is 11.3. The van der Waals surface area contributed by atoms with Crippen molar-refractivity contribution in [1.82, 2.24) is 0 Å². The molecule has 0 radical (unpaired) electrons. The highest BCUT2D eigenvalue weighted by Crippen LogP contribution is 2.27. The van der Waals surface area contributed by atoms with Gasteiger partial charge in [-0.2, -0.15) is 0 Å². The number of aromatic hydroxyl groups is 1. The van der Waals surface area contributed by atoms with E-state index in [2.05, 4.69) is 0 Å². The first-order valence-corrected chi connectivity index (χ1v) is 9.18. The number of sulfonamides is 1. The van der Waals surface area contributed by atoms with Crippen molar-refractivity contribution in [3.05, 3.63) is 54.6 Å². The highest BCUT2D eigenvalue weighted by Gasteiger charge is 2.30. The lowest BCUT2D eigenvalue weighted by Crippen LogP contribution is -2.37. The third kappa shape index (κ3) is 4.14. The van der Waals surface area contributed by atoms with E-state index >= 15 is 0 Å². The minimum Gasteiger partial charge on any atom is -0.508 e. The summed E-state index contributed by atoms with van der Waals surface area (Å²) in [4.78, 5) is 12.7. The van der Waals surface area contributed by atoms with Crippen LogP contribution >= 0.6 is 0 Å². The van der Waals surface area contributed by atoms with Crippen LogP contribution in [0.5, 0.6) is 5.75 Å². The van der Waals surface area contributed by atoms with Crippen molar-refractivity contribution in [2.45, 2.75) is 31.6 Å². The number of anilines is 1. The maximum Gasteiger partial charge on any atom is 0.270 e. The van der Waals surface area contributed by atoms with Crippen LogP contribution in [0.2, 0.25) is 0 Å². The summed E-state index contributed by atoms with van der Waals surface area (Å²) in [7, 11) is -4.01. The van der Waals surface area contributed by atoms with Gasteiger partial charge in [-0.3, -0.25) is 4.79 Å². The molecule has 0 saturated heterocycles. The van der Waals surface area contributed by atoms with Crippen molar-refractivity contribution >= 4 is 21.6 Å². The molecule has 0 aliphatic rings. The fourth-order valence-corrected chi connectivity index (χ4v) is 3.69. The summed E-state index contributed by atoms with van der Waals surface area (Å²) in [6, 6.07) is 13.4. The summed E-state index contributed by atoms with van der Waals surface area (Å²) in [6.45, 7) is 3.95. The maximum atomic E-state index is 12.9. The third-order valence-electron chi connectivity index (χ3n) is 3.53. The van der Waals surface area contributed by atoms with E-state index in [0.29, 0.717) is 6.42 Å². The predicted molar refractivity (Wildman–Crippen MR) is 93.3 cm³/mol. The van der Waals surface area contributed by atoms with E-state index in [1.54, 1.807) is 18.2 Å². The monoisotopic (exact) mass is 347 g/mol. The molecule has 5 nitrogen and oxygen atoms in total. The van der Waals surface area contributed by atoms with E-state index < -0.39 is 15.9 Å². The number of amides is 1. The van der Waals surface area contributed by atoms with E-state index in [4.69, 9.17) is 0 Å². The molecule has 2 rings (SSSR count). The quantitative estimate of drug-likeness (QED) is 0.867. The van der Waals surface area contributed by atoms with Gasteiger partial charge in [-0.1, -0.05) is 32.0 Å². The minimum atomic E-state index is -4.01. The molecule has 0 fully saturated rings.